The molecule has 0 radical (unpaired) electrons. The van der Waals surface area contributed by atoms with E-state index in [2.05, 4.69) is 16.0 Å². The molecule has 134 valence electrons. The first-order valence-electron chi connectivity index (χ1n) is 8.21. The second-order valence-corrected chi connectivity index (χ2v) is 5.55. The van der Waals surface area contributed by atoms with Crippen LogP contribution >= 0.6 is 0 Å². The van der Waals surface area contributed by atoms with Crippen LogP contribution in [0.15, 0.2) is 60.7 Å². The summed E-state index contributed by atoms with van der Waals surface area (Å²) in [5.74, 6) is -0.698. The molecule has 0 atom stereocenters. The van der Waals surface area contributed by atoms with Crippen LogP contribution in [-0.2, 0) is 9.59 Å². The lowest BCUT2D eigenvalue weighted by Crippen LogP contribution is -2.34. The zero-order valence-electron chi connectivity index (χ0n) is 14.5. The fourth-order valence-electron chi connectivity index (χ4n) is 2.20. The van der Waals surface area contributed by atoms with Crippen LogP contribution in [0.25, 0.3) is 6.08 Å². The van der Waals surface area contributed by atoms with E-state index in [1.54, 1.807) is 30.3 Å². The van der Waals surface area contributed by atoms with E-state index in [0.717, 1.165) is 5.56 Å². The van der Waals surface area contributed by atoms with Gasteiger partial charge in [-0.1, -0.05) is 36.4 Å². The molecule has 2 rings (SSSR count). The molecule has 0 aliphatic heterocycles. The van der Waals surface area contributed by atoms with E-state index >= 15 is 0 Å². The van der Waals surface area contributed by atoms with Crippen molar-refractivity contribution in [2.24, 2.45) is 0 Å². The summed E-state index contributed by atoms with van der Waals surface area (Å²) in [6, 6.07) is 16.2. The van der Waals surface area contributed by atoms with Gasteiger partial charge in [-0.15, -0.1) is 0 Å². The van der Waals surface area contributed by atoms with E-state index in [1.165, 1.54) is 13.0 Å². The largest absolute Gasteiger partial charge is 0.351 e. The highest BCUT2D eigenvalue weighted by atomic mass is 16.2. The van der Waals surface area contributed by atoms with E-state index in [-0.39, 0.29) is 17.7 Å². The van der Waals surface area contributed by atoms with Gasteiger partial charge < -0.3 is 16.0 Å². The van der Waals surface area contributed by atoms with E-state index < -0.39 is 0 Å². The maximum atomic E-state index is 12.1. The summed E-state index contributed by atoms with van der Waals surface area (Å²) in [6.45, 7) is 2.02. The van der Waals surface area contributed by atoms with E-state index in [4.69, 9.17) is 0 Å². The van der Waals surface area contributed by atoms with Gasteiger partial charge in [0.1, 0.15) is 0 Å². The fraction of sp³-hybridized carbons (Fsp3) is 0.150. The molecular formula is C20H21N3O3. The van der Waals surface area contributed by atoms with Crippen LogP contribution in [-0.4, -0.2) is 30.8 Å². The third-order valence-electron chi connectivity index (χ3n) is 3.38. The van der Waals surface area contributed by atoms with E-state index in [0.29, 0.717) is 24.3 Å². The SMILES string of the molecule is CC(=O)Nc1cccc(C(=O)NCCNC(=O)/C=C/c2ccccc2)c1. The number of hydrogen-bond donors (Lipinski definition) is 3. The van der Waals surface area contributed by atoms with Crippen molar-refractivity contribution >= 4 is 29.5 Å². The molecule has 0 saturated carbocycles. The molecule has 3 N–H and O–H groups in total. The van der Waals surface area contributed by atoms with Gasteiger partial charge in [-0.3, -0.25) is 14.4 Å². The Balaban J connectivity index is 1.74. The highest BCUT2D eigenvalue weighted by Gasteiger charge is 2.06. The summed E-state index contributed by atoms with van der Waals surface area (Å²) in [7, 11) is 0. The van der Waals surface area contributed by atoms with Crippen molar-refractivity contribution in [1.82, 2.24) is 10.6 Å². The maximum Gasteiger partial charge on any atom is 0.251 e. The lowest BCUT2D eigenvalue weighted by atomic mass is 10.2. The number of anilines is 1. The minimum atomic E-state index is -0.272. The molecule has 0 aromatic heterocycles. The Morgan fingerprint density at radius 2 is 1.65 bits per heavy atom. The molecule has 0 aliphatic carbocycles. The summed E-state index contributed by atoms with van der Waals surface area (Å²) >= 11 is 0. The summed E-state index contributed by atoms with van der Waals surface area (Å²) < 4.78 is 0. The summed E-state index contributed by atoms with van der Waals surface area (Å²) in [4.78, 5) is 34.9. The van der Waals surface area contributed by atoms with Gasteiger partial charge >= 0.3 is 0 Å². The number of rotatable bonds is 7. The first kappa shape index (κ1) is 18.9. The Bertz CT molecular complexity index is 801. The minimum absolute atomic E-state index is 0.200. The van der Waals surface area contributed by atoms with Gasteiger partial charge in [0.15, 0.2) is 0 Å². The lowest BCUT2D eigenvalue weighted by molar-refractivity contribution is -0.116. The molecule has 0 spiro atoms. The van der Waals surface area contributed by atoms with Crippen LogP contribution in [0.2, 0.25) is 0 Å². The Morgan fingerprint density at radius 1 is 0.923 bits per heavy atom. The fourth-order valence-corrected chi connectivity index (χ4v) is 2.20. The van der Waals surface area contributed by atoms with Crippen LogP contribution < -0.4 is 16.0 Å². The summed E-state index contributed by atoms with van der Waals surface area (Å²) in [5, 5.41) is 8.04. The number of amides is 3. The molecule has 0 unspecified atom stereocenters. The minimum Gasteiger partial charge on any atom is -0.351 e. The lowest BCUT2D eigenvalue weighted by Gasteiger charge is -2.08. The zero-order chi connectivity index (χ0) is 18.8. The topological polar surface area (TPSA) is 87.3 Å². The summed E-state index contributed by atoms with van der Waals surface area (Å²) in [6.07, 6.45) is 3.18. The molecule has 0 fully saturated rings. The van der Waals surface area contributed by atoms with Gasteiger partial charge in [0.25, 0.3) is 5.91 Å². The highest BCUT2D eigenvalue weighted by Crippen LogP contribution is 2.10. The first-order valence-corrected chi connectivity index (χ1v) is 8.21. The van der Waals surface area contributed by atoms with Crippen LogP contribution in [0, 0.1) is 0 Å². The smallest absolute Gasteiger partial charge is 0.251 e. The number of carbonyl (C=O) groups excluding carboxylic acids is 3. The zero-order valence-corrected chi connectivity index (χ0v) is 14.5. The average molecular weight is 351 g/mol. The Labute approximate surface area is 152 Å². The van der Waals surface area contributed by atoms with Crippen molar-refractivity contribution in [3.05, 3.63) is 71.8 Å². The van der Waals surface area contributed by atoms with Gasteiger partial charge in [-0.2, -0.15) is 0 Å². The predicted molar refractivity (Wildman–Crippen MR) is 102 cm³/mol. The summed E-state index contributed by atoms with van der Waals surface area (Å²) in [5.41, 5.74) is 1.94. The third-order valence-corrected chi connectivity index (χ3v) is 3.38. The second-order valence-electron chi connectivity index (χ2n) is 5.55. The van der Waals surface area contributed by atoms with Gasteiger partial charge in [-0.05, 0) is 29.8 Å². The molecule has 0 heterocycles. The number of benzene rings is 2. The third kappa shape index (κ3) is 6.60. The average Bonchev–Trinajstić information content (AvgIpc) is 2.64. The van der Waals surface area contributed by atoms with Gasteiger partial charge in [0, 0.05) is 37.3 Å². The Kier molecular flexibility index (Phi) is 7.12. The van der Waals surface area contributed by atoms with Gasteiger partial charge in [0.05, 0.1) is 0 Å². The number of hydrogen-bond acceptors (Lipinski definition) is 3. The van der Waals surface area contributed by atoms with Crippen molar-refractivity contribution in [3.63, 3.8) is 0 Å². The van der Waals surface area contributed by atoms with Crippen LogP contribution in [0.1, 0.15) is 22.8 Å². The molecule has 6 heteroatoms. The predicted octanol–water partition coefficient (Wildman–Crippen LogP) is 2.20. The van der Waals surface area contributed by atoms with Crippen molar-refractivity contribution in [1.29, 1.82) is 0 Å². The maximum absolute atomic E-state index is 12.1. The normalized spacial score (nSPS) is 10.3. The van der Waals surface area contributed by atoms with Crippen LogP contribution in [0.5, 0.6) is 0 Å². The Hall–Kier alpha value is -3.41. The Morgan fingerprint density at radius 3 is 2.38 bits per heavy atom. The second kappa shape index (κ2) is 9.78. The highest BCUT2D eigenvalue weighted by molar-refractivity contribution is 5.97. The van der Waals surface area contributed by atoms with Crippen LogP contribution in [0.3, 0.4) is 0 Å². The van der Waals surface area contributed by atoms with E-state index in [9.17, 15) is 14.4 Å². The quantitative estimate of drug-likeness (QED) is 0.528. The molecule has 0 saturated heterocycles. The molecule has 0 aliphatic rings. The van der Waals surface area contributed by atoms with E-state index in [1.807, 2.05) is 30.3 Å². The molecule has 2 aromatic rings. The number of carbonyl (C=O) groups is 3. The molecule has 0 bridgehead atoms. The molecular weight excluding hydrogens is 330 g/mol. The molecule has 6 nitrogen and oxygen atoms in total. The standard InChI is InChI=1S/C20H21N3O3/c1-15(24)23-18-9-5-8-17(14-18)20(26)22-13-12-21-19(25)11-10-16-6-3-2-4-7-16/h2-11,14H,12-13H2,1H3,(H,21,25)(H,22,26)(H,23,24)/b11-10+. The van der Waals surface area contributed by atoms with Crippen molar-refractivity contribution in [3.8, 4) is 0 Å². The molecule has 26 heavy (non-hydrogen) atoms. The van der Waals surface area contributed by atoms with Gasteiger partial charge in [0.2, 0.25) is 11.8 Å². The monoisotopic (exact) mass is 351 g/mol. The van der Waals surface area contributed by atoms with Crippen LogP contribution in [0.4, 0.5) is 5.69 Å². The van der Waals surface area contributed by atoms with Crippen molar-refractivity contribution < 1.29 is 14.4 Å². The molecule has 2 aromatic carbocycles. The first-order chi connectivity index (χ1) is 12.5. The van der Waals surface area contributed by atoms with Gasteiger partial charge in [-0.25, -0.2) is 0 Å². The molecule has 3 amide bonds. The van der Waals surface area contributed by atoms with Crippen molar-refractivity contribution in [2.75, 3.05) is 18.4 Å². The van der Waals surface area contributed by atoms with Crippen molar-refractivity contribution in [2.45, 2.75) is 6.92 Å². The number of nitrogens with one attached hydrogen (secondary N) is 3.